The number of furan rings is 1. The van der Waals surface area contributed by atoms with E-state index in [0.29, 0.717) is 19.5 Å². The van der Waals surface area contributed by atoms with Crippen LogP contribution in [0.1, 0.15) is 66.3 Å². The Morgan fingerprint density at radius 1 is 1.32 bits per heavy atom. The largest absolute Gasteiger partial charge is 0.469 e. The van der Waals surface area contributed by atoms with Gasteiger partial charge < -0.3 is 24.5 Å². The van der Waals surface area contributed by atoms with E-state index >= 15 is 0 Å². The molecule has 0 bridgehead atoms. The third-order valence-corrected chi connectivity index (χ3v) is 6.31. The fourth-order valence-electron chi connectivity index (χ4n) is 4.60. The zero-order valence-corrected chi connectivity index (χ0v) is 18.0. The summed E-state index contributed by atoms with van der Waals surface area (Å²) in [7, 11) is 0. The summed E-state index contributed by atoms with van der Waals surface area (Å²) in [4.78, 5) is 45.0. The normalized spacial score (nSPS) is 21.2. The van der Waals surface area contributed by atoms with Crippen molar-refractivity contribution < 1.29 is 18.8 Å². The lowest BCUT2D eigenvalue weighted by Crippen LogP contribution is -2.64. The minimum absolute atomic E-state index is 0.0844. The van der Waals surface area contributed by atoms with Crippen LogP contribution in [0, 0.1) is 0 Å². The number of likely N-dealkylation sites (N-methyl/N-ethyl adjacent to an activating group) is 1. The van der Waals surface area contributed by atoms with Gasteiger partial charge in [0.1, 0.15) is 17.0 Å². The van der Waals surface area contributed by atoms with Crippen molar-refractivity contribution >= 4 is 17.7 Å². The average Bonchev–Trinajstić information content (AvgIpc) is 3.50. The van der Waals surface area contributed by atoms with E-state index in [2.05, 4.69) is 15.6 Å². The minimum Gasteiger partial charge on any atom is -0.469 e. The van der Waals surface area contributed by atoms with Crippen molar-refractivity contribution in [1.29, 1.82) is 0 Å². The molecule has 1 aliphatic carbocycles. The van der Waals surface area contributed by atoms with Crippen molar-refractivity contribution in [2.24, 2.45) is 0 Å². The second-order valence-electron chi connectivity index (χ2n) is 8.43. The van der Waals surface area contributed by atoms with E-state index < -0.39 is 11.4 Å². The van der Waals surface area contributed by atoms with Crippen LogP contribution in [-0.4, -0.2) is 56.8 Å². The molecule has 3 amide bonds. The zero-order chi connectivity index (χ0) is 22.0. The number of hydrogen-bond donors (Lipinski definition) is 2. The van der Waals surface area contributed by atoms with Crippen LogP contribution in [0.25, 0.3) is 0 Å². The Morgan fingerprint density at radius 2 is 2.10 bits per heavy atom. The van der Waals surface area contributed by atoms with E-state index in [1.54, 1.807) is 28.7 Å². The van der Waals surface area contributed by atoms with Gasteiger partial charge in [-0.3, -0.25) is 14.4 Å². The lowest BCUT2D eigenvalue weighted by Gasteiger charge is -2.43. The van der Waals surface area contributed by atoms with E-state index in [4.69, 9.17) is 4.42 Å². The molecule has 166 valence electrons. The van der Waals surface area contributed by atoms with Gasteiger partial charge in [0.25, 0.3) is 11.8 Å². The predicted octanol–water partition coefficient (Wildman–Crippen LogP) is 1.74. The van der Waals surface area contributed by atoms with Crippen molar-refractivity contribution in [2.75, 3.05) is 13.1 Å². The van der Waals surface area contributed by atoms with Gasteiger partial charge in [0.05, 0.1) is 19.1 Å². The quantitative estimate of drug-likeness (QED) is 0.700. The molecule has 9 heteroatoms. The Morgan fingerprint density at radius 3 is 2.77 bits per heavy atom. The SMILES string of the molecule is CCN1C(=O)c2c(C(=O)NCCc3ccco3)ncn2C[C@@]1(C)C(=O)NC1CCCC1. The molecule has 0 spiro atoms. The number of rotatable bonds is 7. The number of amides is 3. The van der Waals surface area contributed by atoms with Gasteiger partial charge in [-0.25, -0.2) is 4.98 Å². The molecule has 2 aromatic heterocycles. The maximum Gasteiger partial charge on any atom is 0.273 e. The fourth-order valence-corrected chi connectivity index (χ4v) is 4.60. The minimum atomic E-state index is -1.03. The van der Waals surface area contributed by atoms with Gasteiger partial charge in [-0.05, 0) is 38.8 Å². The van der Waals surface area contributed by atoms with E-state index in [1.165, 1.54) is 6.33 Å². The van der Waals surface area contributed by atoms with Crippen LogP contribution >= 0.6 is 0 Å². The topological polar surface area (TPSA) is 109 Å². The van der Waals surface area contributed by atoms with Gasteiger partial charge in [0, 0.05) is 25.6 Å². The summed E-state index contributed by atoms with van der Waals surface area (Å²) < 4.78 is 6.89. The zero-order valence-electron chi connectivity index (χ0n) is 18.0. The molecule has 3 heterocycles. The van der Waals surface area contributed by atoms with Crippen molar-refractivity contribution in [3.63, 3.8) is 0 Å². The predicted molar refractivity (Wildman–Crippen MR) is 112 cm³/mol. The Bertz CT molecular complexity index is 961. The number of carbonyl (C=O) groups excluding carboxylic acids is 3. The molecule has 0 saturated heterocycles. The first kappa shape index (κ1) is 21.1. The van der Waals surface area contributed by atoms with Crippen LogP contribution in [0.3, 0.4) is 0 Å². The van der Waals surface area contributed by atoms with Crippen LogP contribution < -0.4 is 10.6 Å². The van der Waals surface area contributed by atoms with E-state index in [1.807, 2.05) is 13.0 Å². The van der Waals surface area contributed by atoms with E-state index in [9.17, 15) is 14.4 Å². The molecule has 1 fully saturated rings. The summed E-state index contributed by atoms with van der Waals surface area (Å²) in [6.07, 6.45) is 7.78. The van der Waals surface area contributed by atoms with Crippen LogP contribution in [0.2, 0.25) is 0 Å². The maximum atomic E-state index is 13.3. The van der Waals surface area contributed by atoms with Gasteiger partial charge in [0.15, 0.2) is 5.69 Å². The number of hydrogen-bond acceptors (Lipinski definition) is 5. The first-order valence-corrected chi connectivity index (χ1v) is 10.9. The lowest BCUT2D eigenvalue weighted by atomic mass is 9.94. The highest BCUT2D eigenvalue weighted by molar-refractivity contribution is 6.07. The van der Waals surface area contributed by atoms with Crippen molar-refractivity contribution in [3.05, 3.63) is 41.9 Å². The summed E-state index contributed by atoms with van der Waals surface area (Å²) in [6.45, 7) is 4.61. The molecule has 2 aromatic rings. The van der Waals surface area contributed by atoms with Crippen LogP contribution in [0.15, 0.2) is 29.1 Å². The molecule has 4 rings (SSSR count). The van der Waals surface area contributed by atoms with Crippen molar-refractivity contribution in [1.82, 2.24) is 25.1 Å². The highest BCUT2D eigenvalue weighted by Gasteiger charge is 2.48. The Balaban J connectivity index is 1.51. The third kappa shape index (κ3) is 3.96. The molecule has 2 N–H and O–H groups in total. The summed E-state index contributed by atoms with van der Waals surface area (Å²) >= 11 is 0. The van der Waals surface area contributed by atoms with Gasteiger partial charge in [-0.2, -0.15) is 0 Å². The first-order chi connectivity index (χ1) is 14.9. The molecule has 0 unspecified atom stereocenters. The molecule has 31 heavy (non-hydrogen) atoms. The molecule has 1 atom stereocenters. The van der Waals surface area contributed by atoms with Crippen LogP contribution in [0.4, 0.5) is 0 Å². The molecular formula is C22H29N5O4. The second-order valence-corrected chi connectivity index (χ2v) is 8.43. The Hall–Kier alpha value is -3.10. The molecule has 9 nitrogen and oxygen atoms in total. The fraction of sp³-hybridized carbons (Fsp3) is 0.545. The Labute approximate surface area is 181 Å². The summed E-state index contributed by atoms with van der Waals surface area (Å²) in [5.74, 6) is -0.155. The second kappa shape index (κ2) is 8.56. The smallest absolute Gasteiger partial charge is 0.273 e. The number of fused-ring (bicyclic) bond motifs is 1. The number of carbonyl (C=O) groups is 3. The van der Waals surface area contributed by atoms with Crippen LogP contribution in [0.5, 0.6) is 0 Å². The monoisotopic (exact) mass is 427 g/mol. The summed E-state index contributed by atoms with van der Waals surface area (Å²) in [6, 6.07) is 3.80. The maximum absolute atomic E-state index is 13.3. The molecule has 0 radical (unpaired) electrons. The molecule has 1 saturated carbocycles. The summed E-state index contributed by atoms with van der Waals surface area (Å²) in [5.41, 5.74) is -0.723. The lowest BCUT2D eigenvalue weighted by molar-refractivity contribution is -0.133. The molecule has 1 aliphatic heterocycles. The standard InChI is InChI=1S/C22H29N5O4/c1-3-27-20(29)18-17(19(28)23-11-10-16-9-6-12-31-16)24-14-26(18)13-22(27,2)21(30)25-15-7-4-5-8-15/h6,9,12,14-15H,3-5,7-8,10-11,13H2,1-2H3,(H,23,28)(H,25,30)/t22-/m0/s1. The Kier molecular flexibility index (Phi) is 5.84. The van der Waals surface area contributed by atoms with Crippen LogP contribution in [-0.2, 0) is 17.8 Å². The molecule has 0 aromatic carbocycles. The van der Waals surface area contributed by atoms with Gasteiger partial charge in [-0.1, -0.05) is 12.8 Å². The van der Waals surface area contributed by atoms with Gasteiger partial charge in [-0.15, -0.1) is 0 Å². The van der Waals surface area contributed by atoms with Crippen molar-refractivity contribution in [3.8, 4) is 0 Å². The van der Waals surface area contributed by atoms with Crippen molar-refractivity contribution in [2.45, 2.75) is 64.1 Å². The number of nitrogens with one attached hydrogen (secondary N) is 2. The van der Waals surface area contributed by atoms with Gasteiger partial charge in [0.2, 0.25) is 5.91 Å². The third-order valence-electron chi connectivity index (χ3n) is 6.31. The number of nitrogens with zero attached hydrogens (tertiary/aromatic N) is 3. The average molecular weight is 428 g/mol. The van der Waals surface area contributed by atoms with E-state index in [0.717, 1.165) is 31.4 Å². The van der Waals surface area contributed by atoms with E-state index in [-0.39, 0.29) is 35.8 Å². The first-order valence-electron chi connectivity index (χ1n) is 10.9. The number of aromatic nitrogens is 2. The van der Waals surface area contributed by atoms with Gasteiger partial charge >= 0.3 is 0 Å². The highest BCUT2D eigenvalue weighted by Crippen LogP contribution is 2.29. The molecular weight excluding hydrogens is 398 g/mol. The highest BCUT2D eigenvalue weighted by atomic mass is 16.3. The summed E-state index contributed by atoms with van der Waals surface area (Å²) in [5, 5.41) is 5.91. The number of imidazole rings is 1. The molecule has 2 aliphatic rings.